The van der Waals surface area contributed by atoms with E-state index in [0.29, 0.717) is 24.0 Å². The van der Waals surface area contributed by atoms with Crippen molar-refractivity contribution in [3.63, 3.8) is 0 Å². The van der Waals surface area contributed by atoms with Gasteiger partial charge in [-0.25, -0.2) is 10.9 Å². The maximum absolute atomic E-state index is 12.5. The standard InChI is InChI=1S/C21H22Br2N4O4/c1-2-3-4-17(20(30)26-24-11-13-9-15(22)5-7-18(13)28)21(31)27-25-12-14-10-16(23)6-8-19(14)29/h5-12,17,28-29H,2-4H2,1H3,(H,26,30)(H,27,31)/b24-11-,25-12-. The summed E-state index contributed by atoms with van der Waals surface area (Å²) < 4.78 is 1.49. The molecule has 0 heterocycles. The molecule has 164 valence electrons. The van der Waals surface area contributed by atoms with Crippen LogP contribution in [0, 0.1) is 5.92 Å². The summed E-state index contributed by atoms with van der Waals surface area (Å²) in [6.07, 6.45) is 4.38. The quantitative estimate of drug-likeness (QED) is 0.212. The number of phenolic OH excluding ortho intramolecular Hbond substituents is 2. The van der Waals surface area contributed by atoms with Gasteiger partial charge in [-0.15, -0.1) is 0 Å². The average Bonchev–Trinajstić information content (AvgIpc) is 2.73. The van der Waals surface area contributed by atoms with E-state index in [1.807, 2.05) is 6.92 Å². The highest BCUT2D eigenvalue weighted by molar-refractivity contribution is 9.10. The molecule has 0 aliphatic heterocycles. The highest BCUT2D eigenvalue weighted by Crippen LogP contribution is 2.21. The maximum atomic E-state index is 12.5. The molecule has 0 unspecified atom stereocenters. The molecule has 31 heavy (non-hydrogen) atoms. The maximum Gasteiger partial charge on any atom is 0.252 e. The first-order valence-electron chi connectivity index (χ1n) is 9.44. The van der Waals surface area contributed by atoms with Crippen LogP contribution in [0.5, 0.6) is 11.5 Å². The monoisotopic (exact) mass is 552 g/mol. The predicted octanol–water partition coefficient (Wildman–Crippen LogP) is 4.03. The highest BCUT2D eigenvalue weighted by Gasteiger charge is 2.25. The third-order valence-corrected chi connectivity index (χ3v) is 5.20. The van der Waals surface area contributed by atoms with Gasteiger partial charge < -0.3 is 10.2 Å². The summed E-state index contributed by atoms with van der Waals surface area (Å²) in [5, 5.41) is 27.3. The molecular formula is C21H22Br2N4O4. The van der Waals surface area contributed by atoms with Gasteiger partial charge in [-0.2, -0.15) is 10.2 Å². The summed E-state index contributed by atoms with van der Waals surface area (Å²) in [6.45, 7) is 1.95. The van der Waals surface area contributed by atoms with Gasteiger partial charge in [-0.3, -0.25) is 9.59 Å². The number of amides is 2. The summed E-state index contributed by atoms with van der Waals surface area (Å²) >= 11 is 6.58. The lowest BCUT2D eigenvalue weighted by atomic mass is 10.0. The normalized spacial score (nSPS) is 11.4. The Kier molecular flexibility index (Phi) is 9.67. The number of hydrazone groups is 2. The topological polar surface area (TPSA) is 123 Å². The van der Waals surface area contributed by atoms with Gasteiger partial charge in [0.2, 0.25) is 0 Å². The summed E-state index contributed by atoms with van der Waals surface area (Å²) in [4.78, 5) is 25.0. The predicted molar refractivity (Wildman–Crippen MR) is 126 cm³/mol. The minimum absolute atomic E-state index is 0.00612. The fourth-order valence-electron chi connectivity index (χ4n) is 2.53. The molecule has 0 aromatic heterocycles. The van der Waals surface area contributed by atoms with Gasteiger partial charge in [0, 0.05) is 20.1 Å². The van der Waals surface area contributed by atoms with Gasteiger partial charge in [0.15, 0.2) is 0 Å². The van der Waals surface area contributed by atoms with Gasteiger partial charge in [0.25, 0.3) is 11.8 Å². The van der Waals surface area contributed by atoms with E-state index in [9.17, 15) is 19.8 Å². The zero-order valence-electron chi connectivity index (χ0n) is 16.7. The molecule has 8 nitrogen and oxygen atoms in total. The number of benzene rings is 2. The van der Waals surface area contributed by atoms with Crippen molar-refractivity contribution in [1.29, 1.82) is 0 Å². The van der Waals surface area contributed by atoms with E-state index < -0.39 is 17.7 Å². The second-order valence-electron chi connectivity index (χ2n) is 6.57. The number of hydrogen-bond acceptors (Lipinski definition) is 6. The van der Waals surface area contributed by atoms with E-state index in [1.54, 1.807) is 24.3 Å². The molecule has 10 heteroatoms. The Morgan fingerprint density at radius 2 is 1.39 bits per heavy atom. The molecule has 0 saturated heterocycles. The van der Waals surface area contributed by atoms with Gasteiger partial charge in [0.05, 0.1) is 12.4 Å². The molecule has 0 spiro atoms. The molecule has 0 aliphatic rings. The van der Waals surface area contributed by atoms with E-state index in [4.69, 9.17) is 0 Å². The molecule has 2 rings (SSSR count). The van der Waals surface area contributed by atoms with Gasteiger partial charge in [-0.1, -0.05) is 51.6 Å². The molecule has 2 aromatic rings. The van der Waals surface area contributed by atoms with E-state index >= 15 is 0 Å². The Morgan fingerprint density at radius 3 is 1.81 bits per heavy atom. The van der Waals surface area contributed by atoms with Crippen molar-refractivity contribution in [2.24, 2.45) is 16.1 Å². The fraction of sp³-hybridized carbons (Fsp3) is 0.238. The van der Waals surface area contributed by atoms with Gasteiger partial charge >= 0.3 is 0 Å². The SMILES string of the molecule is CCCCC(C(=O)N/N=C\c1cc(Br)ccc1O)C(=O)N/N=C\c1cc(Br)ccc1O. The zero-order valence-corrected chi connectivity index (χ0v) is 19.9. The van der Waals surface area contributed by atoms with Crippen LogP contribution in [0.2, 0.25) is 0 Å². The van der Waals surface area contributed by atoms with Crippen molar-refractivity contribution in [2.75, 3.05) is 0 Å². The van der Waals surface area contributed by atoms with Crippen LogP contribution >= 0.6 is 31.9 Å². The first-order chi connectivity index (χ1) is 14.8. The number of hydrogen-bond donors (Lipinski definition) is 4. The number of aromatic hydroxyl groups is 2. The lowest BCUT2D eigenvalue weighted by Crippen LogP contribution is -2.38. The summed E-state index contributed by atoms with van der Waals surface area (Å²) in [7, 11) is 0. The number of nitrogens with one attached hydrogen (secondary N) is 2. The van der Waals surface area contributed by atoms with Crippen LogP contribution in [0.25, 0.3) is 0 Å². The van der Waals surface area contributed by atoms with E-state index in [1.165, 1.54) is 24.6 Å². The smallest absolute Gasteiger partial charge is 0.252 e. The van der Waals surface area contributed by atoms with Crippen LogP contribution in [-0.4, -0.2) is 34.5 Å². The number of carbonyl (C=O) groups is 2. The Morgan fingerprint density at radius 1 is 0.935 bits per heavy atom. The van der Waals surface area contributed by atoms with Gasteiger partial charge in [-0.05, 0) is 42.8 Å². The second kappa shape index (κ2) is 12.2. The Balaban J connectivity index is 2.03. The summed E-state index contributed by atoms with van der Waals surface area (Å²) in [6, 6.07) is 9.60. The van der Waals surface area contributed by atoms with E-state index in [2.05, 4.69) is 52.9 Å². The van der Waals surface area contributed by atoms with Crippen LogP contribution in [0.4, 0.5) is 0 Å². The van der Waals surface area contributed by atoms with Crippen LogP contribution < -0.4 is 10.9 Å². The number of halogens is 2. The molecule has 4 N–H and O–H groups in total. The van der Waals surface area contributed by atoms with Crippen LogP contribution in [0.15, 0.2) is 55.5 Å². The van der Waals surface area contributed by atoms with Crippen molar-refractivity contribution >= 4 is 56.1 Å². The minimum Gasteiger partial charge on any atom is -0.507 e. The Bertz CT molecular complexity index is 920. The third-order valence-electron chi connectivity index (χ3n) is 4.22. The van der Waals surface area contributed by atoms with Crippen LogP contribution in [-0.2, 0) is 9.59 Å². The minimum atomic E-state index is -0.999. The third kappa shape index (κ3) is 7.80. The summed E-state index contributed by atoms with van der Waals surface area (Å²) in [5.74, 6) is -2.16. The fourth-order valence-corrected chi connectivity index (χ4v) is 3.29. The number of phenols is 2. The lowest BCUT2D eigenvalue weighted by Gasteiger charge is -2.13. The average molecular weight is 554 g/mol. The van der Waals surface area contributed by atoms with Crippen molar-refractivity contribution < 1.29 is 19.8 Å². The molecule has 2 amide bonds. The van der Waals surface area contributed by atoms with Crippen LogP contribution in [0.3, 0.4) is 0 Å². The number of carbonyl (C=O) groups excluding carboxylic acids is 2. The molecule has 0 radical (unpaired) electrons. The highest BCUT2D eigenvalue weighted by atomic mass is 79.9. The lowest BCUT2D eigenvalue weighted by molar-refractivity contribution is -0.135. The van der Waals surface area contributed by atoms with Crippen molar-refractivity contribution in [3.05, 3.63) is 56.5 Å². The Hall–Kier alpha value is -2.72. The number of unbranched alkanes of at least 4 members (excludes halogenated alkanes) is 1. The van der Waals surface area contributed by atoms with Crippen molar-refractivity contribution in [3.8, 4) is 11.5 Å². The first kappa shape index (κ1) is 24.5. The molecule has 0 saturated carbocycles. The second-order valence-corrected chi connectivity index (χ2v) is 8.40. The summed E-state index contributed by atoms with van der Waals surface area (Å²) in [5.41, 5.74) is 5.49. The van der Waals surface area contributed by atoms with Crippen LogP contribution in [0.1, 0.15) is 37.3 Å². The molecule has 0 aliphatic carbocycles. The molecular weight excluding hydrogens is 532 g/mol. The Labute approximate surface area is 196 Å². The largest absolute Gasteiger partial charge is 0.507 e. The molecule has 0 bridgehead atoms. The molecule has 0 fully saturated rings. The van der Waals surface area contributed by atoms with Gasteiger partial charge in [0.1, 0.15) is 17.4 Å². The number of rotatable bonds is 9. The zero-order chi connectivity index (χ0) is 22.8. The van der Waals surface area contributed by atoms with E-state index in [-0.39, 0.29) is 11.5 Å². The molecule has 2 aromatic carbocycles. The molecule has 0 atom stereocenters. The first-order valence-corrected chi connectivity index (χ1v) is 11.0. The number of nitrogens with zero attached hydrogens (tertiary/aromatic N) is 2. The van der Waals surface area contributed by atoms with Crippen molar-refractivity contribution in [1.82, 2.24) is 10.9 Å². The van der Waals surface area contributed by atoms with Crippen molar-refractivity contribution in [2.45, 2.75) is 26.2 Å². The van der Waals surface area contributed by atoms with E-state index in [0.717, 1.165) is 15.4 Å².